The number of carbonyl (C=O) groups excluding carboxylic acids is 1. The van der Waals surface area contributed by atoms with Crippen LogP contribution in [0.3, 0.4) is 0 Å². The number of anilines is 1. The first-order chi connectivity index (χ1) is 8.60. The van der Waals surface area contributed by atoms with E-state index in [-0.39, 0.29) is 0 Å². The second-order valence-corrected chi connectivity index (χ2v) is 4.74. The van der Waals surface area contributed by atoms with E-state index in [0.717, 1.165) is 0 Å². The van der Waals surface area contributed by atoms with Crippen LogP contribution in [0.25, 0.3) is 0 Å². The highest BCUT2D eigenvalue weighted by molar-refractivity contribution is 5.99. The summed E-state index contributed by atoms with van der Waals surface area (Å²) < 4.78 is 31.2. The van der Waals surface area contributed by atoms with E-state index in [1.807, 2.05) is 5.32 Å². The zero-order chi connectivity index (χ0) is 14.8. The first kappa shape index (κ1) is 14.9. The molecule has 0 aromatic heterocycles. The highest BCUT2D eigenvalue weighted by atomic mass is 19.1. The molecule has 19 heavy (non-hydrogen) atoms. The van der Waals surface area contributed by atoms with E-state index >= 15 is 0 Å². The Morgan fingerprint density at radius 1 is 1.26 bits per heavy atom. The van der Waals surface area contributed by atoms with Crippen LogP contribution < -0.4 is 5.32 Å². The molecule has 0 spiro atoms. The van der Waals surface area contributed by atoms with Crippen molar-refractivity contribution in [2.45, 2.75) is 26.4 Å². The van der Waals surface area contributed by atoms with Crippen molar-refractivity contribution in [3.05, 3.63) is 29.3 Å². The fraction of sp³-hybridized carbons (Fsp3) is 0.333. The Balaban J connectivity index is 3.07. The second kappa shape index (κ2) is 5.21. The van der Waals surface area contributed by atoms with Crippen LogP contribution in [0, 0.1) is 11.6 Å². The number of rotatable bonds is 2. The fourth-order valence-corrected chi connectivity index (χ4v) is 1.30. The number of carbonyl (C=O) groups is 2. The molecule has 0 bridgehead atoms. The van der Waals surface area contributed by atoms with Gasteiger partial charge in [0.25, 0.3) is 0 Å². The number of nitrogens with one attached hydrogen (secondary N) is 1. The average Bonchev–Trinajstić information content (AvgIpc) is 2.10. The lowest BCUT2D eigenvalue weighted by Crippen LogP contribution is -2.28. The molecule has 0 radical (unpaired) electrons. The van der Waals surface area contributed by atoms with E-state index in [2.05, 4.69) is 0 Å². The summed E-state index contributed by atoms with van der Waals surface area (Å²) in [6.07, 6.45) is -1.00. The molecule has 1 amide bonds. The van der Waals surface area contributed by atoms with Crippen LogP contribution in [0.2, 0.25) is 0 Å². The number of hydrogen-bond acceptors (Lipinski definition) is 3. The molecular formula is C12H13F2NO4. The maximum atomic E-state index is 13.3. The monoisotopic (exact) mass is 273 g/mol. The van der Waals surface area contributed by atoms with E-state index in [1.54, 1.807) is 20.8 Å². The summed E-state index contributed by atoms with van der Waals surface area (Å²) >= 11 is 0. The van der Waals surface area contributed by atoms with Gasteiger partial charge in [0.05, 0.1) is 5.69 Å². The van der Waals surface area contributed by atoms with Crippen LogP contribution in [-0.4, -0.2) is 22.8 Å². The van der Waals surface area contributed by atoms with Crippen molar-refractivity contribution in [3.8, 4) is 0 Å². The highest BCUT2D eigenvalue weighted by Crippen LogP contribution is 2.22. The third-order valence-corrected chi connectivity index (χ3v) is 1.90. The Labute approximate surface area is 108 Å². The molecule has 2 N–H and O–H groups in total. The van der Waals surface area contributed by atoms with Crippen molar-refractivity contribution in [1.29, 1.82) is 0 Å². The number of benzene rings is 1. The minimum atomic E-state index is -1.62. The van der Waals surface area contributed by atoms with E-state index in [0.29, 0.717) is 12.1 Å². The van der Waals surface area contributed by atoms with E-state index in [4.69, 9.17) is 9.84 Å². The Bertz CT molecular complexity index is 523. The molecule has 5 nitrogen and oxygen atoms in total. The molecular weight excluding hydrogens is 260 g/mol. The van der Waals surface area contributed by atoms with E-state index in [9.17, 15) is 18.4 Å². The van der Waals surface area contributed by atoms with Gasteiger partial charge in [-0.2, -0.15) is 0 Å². The molecule has 0 heterocycles. The molecule has 104 valence electrons. The van der Waals surface area contributed by atoms with Crippen molar-refractivity contribution >= 4 is 17.7 Å². The van der Waals surface area contributed by atoms with Crippen molar-refractivity contribution < 1.29 is 28.2 Å². The quantitative estimate of drug-likeness (QED) is 0.868. The van der Waals surface area contributed by atoms with Crippen LogP contribution in [0.5, 0.6) is 0 Å². The van der Waals surface area contributed by atoms with E-state index in [1.165, 1.54) is 0 Å². The van der Waals surface area contributed by atoms with Crippen LogP contribution in [0.1, 0.15) is 31.1 Å². The highest BCUT2D eigenvalue weighted by Gasteiger charge is 2.22. The Hall–Kier alpha value is -2.18. The summed E-state index contributed by atoms with van der Waals surface area (Å²) in [5, 5.41) is 10.8. The number of hydrogen-bond donors (Lipinski definition) is 2. The van der Waals surface area contributed by atoms with E-state index < -0.39 is 40.5 Å². The molecule has 0 saturated carbocycles. The molecule has 0 atom stereocenters. The molecule has 1 aromatic carbocycles. The minimum absolute atomic E-state index is 0.420. The number of aromatic carboxylic acids is 1. The van der Waals surface area contributed by atoms with Gasteiger partial charge in [0.1, 0.15) is 22.8 Å². The number of carboxylic acid groups (broad SMARTS) is 1. The SMILES string of the molecule is CC(C)(C)OC(=O)Nc1cc(F)cc(F)c1C(=O)O. The summed E-state index contributed by atoms with van der Waals surface area (Å²) in [5.74, 6) is -3.91. The fourth-order valence-electron chi connectivity index (χ4n) is 1.30. The number of carboxylic acids is 1. The third kappa shape index (κ3) is 4.20. The summed E-state index contributed by atoms with van der Waals surface area (Å²) in [7, 11) is 0. The van der Waals surface area contributed by atoms with Crippen molar-refractivity contribution in [3.63, 3.8) is 0 Å². The van der Waals surface area contributed by atoms with Gasteiger partial charge in [-0.05, 0) is 26.8 Å². The maximum absolute atomic E-state index is 13.3. The Morgan fingerprint density at radius 3 is 2.32 bits per heavy atom. The molecule has 1 rings (SSSR count). The first-order valence-corrected chi connectivity index (χ1v) is 5.32. The smallest absolute Gasteiger partial charge is 0.412 e. The van der Waals surface area contributed by atoms with Crippen molar-refractivity contribution in [1.82, 2.24) is 0 Å². The number of halogens is 2. The maximum Gasteiger partial charge on any atom is 0.412 e. The normalized spacial score (nSPS) is 11.0. The molecule has 7 heteroatoms. The summed E-state index contributed by atoms with van der Waals surface area (Å²) in [6, 6.07) is 1.13. The standard InChI is InChI=1S/C12H13F2NO4/c1-12(2,3)19-11(18)15-8-5-6(13)4-7(14)9(8)10(16)17/h4-5H,1-3H3,(H,15,18)(H,16,17). The van der Waals surface area contributed by atoms with Crippen LogP contribution >= 0.6 is 0 Å². The topological polar surface area (TPSA) is 75.6 Å². The van der Waals surface area contributed by atoms with Gasteiger partial charge in [0.15, 0.2) is 0 Å². The number of ether oxygens (including phenoxy) is 1. The van der Waals surface area contributed by atoms with Gasteiger partial charge in [-0.15, -0.1) is 0 Å². The molecule has 1 aromatic rings. The zero-order valence-electron chi connectivity index (χ0n) is 10.6. The number of amides is 1. The Morgan fingerprint density at radius 2 is 1.84 bits per heavy atom. The van der Waals surface area contributed by atoms with Gasteiger partial charge in [0, 0.05) is 6.07 Å². The summed E-state index contributed by atoms with van der Waals surface area (Å²) in [5.41, 5.74) is -2.15. The van der Waals surface area contributed by atoms with Crippen LogP contribution in [-0.2, 0) is 4.74 Å². The van der Waals surface area contributed by atoms with Gasteiger partial charge >= 0.3 is 12.1 Å². The van der Waals surface area contributed by atoms with Crippen molar-refractivity contribution in [2.75, 3.05) is 5.32 Å². The predicted molar refractivity (Wildman–Crippen MR) is 63.2 cm³/mol. The molecule has 0 fully saturated rings. The third-order valence-electron chi connectivity index (χ3n) is 1.90. The summed E-state index contributed by atoms with van der Waals surface area (Å²) in [4.78, 5) is 22.3. The Kier molecular flexibility index (Phi) is 4.08. The first-order valence-electron chi connectivity index (χ1n) is 5.32. The van der Waals surface area contributed by atoms with Crippen molar-refractivity contribution in [2.24, 2.45) is 0 Å². The second-order valence-electron chi connectivity index (χ2n) is 4.74. The lowest BCUT2D eigenvalue weighted by atomic mass is 10.1. The molecule has 0 aliphatic rings. The lowest BCUT2D eigenvalue weighted by molar-refractivity contribution is 0.0636. The summed E-state index contributed by atoms with van der Waals surface area (Å²) in [6.45, 7) is 4.78. The average molecular weight is 273 g/mol. The van der Waals surface area contributed by atoms with Gasteiger partial charge in [-0.25, -0.2) is 18.4 Å². The minimum Gasteiger partial charge on any atom is -0.478 e. The van der Waals surface area contributed by atoms with Crippen LogP contribution in [0.4, 0.5) is 19.3 Å². The lowest BCUT2D eigenvalue weighted by Gasteiger charge is -2.20. The predicted octanol–water partition coefficient (Wildman–Crippen LogP) is 3.01. The van der Waals surface area contributed by atoms with Gasteiger partial charge in [0.2, 0.25) is 0 Å². The van der Waals surface area contributed by atoms with Gasteiger partial charge in [-0.1, -0.05) is 0 Å². The molecule has 0 aliphatic carbocycles. The largest absolute Gasteiger partial charge is 0.478 e. The molecule has 0 saturated heterocycles. The van der Waals surface area contributed by atoms with Gasteiger partial charge in [-0.3, -0.25) is 5.32 Å². The zero-order valence-corrected chi connectivity index (χ0v) is 10.6. The molecule has 0 aliphatic heterocycles. The van der Waals surface area contributed by atoms with Gasteiger partial charge < -0.3 is 9.84 Å². The van der Waals surface area contributed by atoms with Crippen LogP contribution in [0.15, 0.2) is 12.1 Å². The molecule has 0 unspecified atom stereocenters.